The van der Waals surface area contributed by atoms with E-state index < -0.39 is 0 Å². The van der Waals surface area contributed by atoms with Gasteiger partial charge in [0.05, 0.1) is 30.4 Å². The minimum atomic E-state index is -0.111. The Balaban J connectivity index is 1.47. The third kappa shape index (κ3) is 3.80. The Bertz CT molecular complexity index is 1080. The fraction of sp³-hybridized carbons (Fsp3) is 0.0952. The summed E-state index contributed by atoms with van der Waals surface area (Å²) >= 11 is 1.52. The number of para-hydroxylation sites is 1. The van der Waals surface area contributed by atoms with E-state index in [2.05, 4.69) is 15.3 Å². The summed E-state index contributed by atoms with van der Waals surface area (Å²) in [4.78, 5) is 21.4. The molecule has 0 aliphatic carbocycles. The molecule has 5 nitrogen and oxygen atoms in total. The molecule has 4 rings (SSSR count). The van der Waals surface area contributed by atoms with Crippen LogP contribution in [0.15, 0.2) is 66.2 Å². The van der Waals surface area contributed by atoms with Crippen molar-refractivity contribution in [1.82, 2.24) is 9.97 Å². The van der Waals surface area contributed by atoms with E-state index in [1.807, 2.05) is 60.0 Å². The number of rotatable bonds is 5. The van der Waals surface area contributed by atoms with Gasteiger partial charge in [-0.15, -0.1) is 11.3 Å². The number of aromatic nitrogens is 2. The number of nitrogens with one attached hydrogen (secondary N) is 1. The van der Waals surface area contributed by atoms with Crippen LogP contribution >= 0.6 is 11.3 Å². The van der Waals surface area contributed by atoms with Crippen LogP contribution in [0.4, 0.5) is 5.69 Å². The number of anilines is 1. The number of carbonyl (C=O) groups is 1. The lowest BCUT2D eigenvalue weighted by Gasteiger charge is -2.07. The average Bonchev–Trinajstić information content (AvgIpc) is 3.16. The van der Waals surface area contributed by atoms with Crippen molar-refractivity contribution in [1.29, 1.82) is 0 Å². The smallest absolute Gasteiger partial charge is 0.230 e. The molecule has 2 heterocycles. The molecule has 1 amide bonds. The largest absolute Gasteiger partial charge is 0.497 e. The minimum absolute atomic E-state index is 0.111. The molecule has 0 bridgehead atoms. The first-order chi connectivity index (χ1) is 13.2. The molecule has 6 heteroatoms. The number of nitrogens with zero attached hydrogens (tertiary/aromatic N) is 2. The van der Waals surface area contributed by atoms with Crippen LogP contribution < -0.4 is 10.1 Å². The van der Waals surface area contributed by atoms with Crippen LogP contribution in [-0.2, 0) is 11.2 Å². The number of hydrogen-bond donors (Lipinski definition) is 1. The lowest BCUT2D eigenvalue weighted by molar-refractivity contribution is -0.115. The summed E-state index contributed by atoms with van der Waals surface area (Å²) in [5.41, 5.74) is 3.25. The summed E-state index contributed by atoms with van der Waals surface area (Å²) in [6.07, 6.45) is 1.94. The number of pyridine rings is 1. The summed E-state index contributed by atoms with van der Waals surface area (Å²) in [7, 11) is 1.64. The Morgan fingerprint density at radius 1 is 1.11 bits per heavy atom. The first kappa shape index (κ1) is 17.2. The average molecular weight is 375 g/mol. The number of amides is 1. The molecule has 2 aromatic heterocycles. The van der Waals surface area contributed by atoms with Crippen molar-refractivity contribution in [2.24, 2.45) is 0 Å². The number of thiazole rings is 1. The van der Waals surface area contributed by atoms with Crippen molar-refractivity contribution >= 4 is 33.8 Å². The zero-order valence-electron chi connectivity index (χ0n) is 14.7. The van der Waals surface area contributed by atoms with Gasteiger partial charge in [-0.25, -0.2) is 4.98 Å². The van der Waals surface area contributed by atoms with Crippen LogP contribution in [0.5, 0.6) is 5.75 Å². The molecule has 0 saturated heterocycles. The molecule has 27 heavy (non-hydrogen) atoms. The fourth-order valence-corrected chi connectivity index (χ4v) is 3.64. The van der Waals surface area contributed by atoms with Crippen molar-refractivity contribution in [2.45, 2.75) is 6.42 Å². The SMILES string of the molecule is COc1ccc(-c2nc(CC(=O)Nc3cccc4cccnc34)cs2)cc1. The van der Waals surface area contributed by atoms with Crippen LogP contribution in [0.25, 0.3) is 21.5 Å². The quantitative estimate of drug-likeness (QED) is 0.556. The molecule has 0 aliphatic heterocycles. The third-order valence-corrected chi connectivity index (χ3v) is 5.08. The lowest BCUT2D eigenvalue weighted by Crippen LogP contribution is -2.15. The first-order valence-corrected chi connectivity index (χ1v) is 9.33. The Kier molecular flexibility index (Phi) is 4.80. The third-order valence-electron chi connectivity index (χ3n) is 4.14. The highest BCUT2D eigenvalue weighted by Gasteiger charge is 2.11. The van der Waals surface area contributed by atoms with Gasteiger partial charge in [-0.05, 0) is 36.4 Å². The molecule has 0 atom stereocenters. The van der Waals surface area contributed by atoms with Crippen molar-refractivity contribution in [2.75, 3.05) is 12.4 Å². The monoisotopic (exact) mass is 375 g/mol. The van der Waals surface area contributed by atoms with Crippen LogP contribution in [0.3, 0.4) is 0 Å². The first-order valence-electron chi connectivity index (χ1n) is 8.45. The number of benzene rings is 2. The molecule has 4 aromatic rings. The molecular weight excluding hydrogens is 358 g/mol. The number of ether oxygens (including phenoxy) is 1. The highest BCUT2D eigenvalue weighted by atomic mass is 32.1. The summed E-state index contributed by atoms with van der Waals surface area (Å²) in [5, 5.41) is 6.73. The van der Waals surface area contributed by atoms with Gasteiger partial charge in [-0.2, -0.15) is 0 Å². The van der Waals surface area contributed by atoms with Crippen LogP contribution in [-0.4, -0.2) is 23.0 Å². The topological polar surface area (TPSA) is 64.1 Å². The van der Waals surface area contributed by atoms with Crippen LogP contribution in [0.2, 0.25) is 0 Å². The zero-order valence-corrected chi connectivity index (χ0v) is 15.5. The fourth-order valence-electron chi connectivity index (χ4n) is 2.82. The normalized spacial score (nSPS) is 10.7. The van der Waals surface area contributed by atoms with Gasteiger partial charge >= 0.3 is 0 Å². The second kappa shape index (κ2) is 7.55. The summed E-state index contributed by atoms with van der Waals surface area (Å²) < 4.78 is 5.17. The minimum Gasteiger partial charge on any atom is -0.497 e. The predicted molar refractivity (Wildman–Crippen MR) is 108 cm³/mol. The van der Waals surface area contributed by atoms with Gasteiger partial charge in [-0.1, -0.05) is 18.2 Å². The molecule has 1 N–H and O–H groups in total. The molecule has 0 fully saturated rings. The van der Waals surface area contributed by atoms with Gasteiger partial charge in [0.25, 0.3) is 0 Å². The number of fused-ring (bicyclic) bond motifs is 1. The summed E-state index contributed by atoms with van der Waals surface area (Å²) in [5.74, 6) is 0.693. The Morgan fingerprint density at radius 3 is 2.74 bits per heavy atom. The van der Waals surface area contributed by atoms with Gasteiger partial charge < -0.3 is 10.1 Å². The van der Waals surface area contributed by atoms with E-state index in [0.29, 0.717) is 5.69 Å². The van der Waals surface area contributed by atoms with Gasteiger partial charge in [-0.3, -0.25) is 9.78 Å². The van der Waals surface area contributed by atoms with E-state index in [1.54, 1.807) is 13.3 Å². The Morgan fingerprint density at radius 2 is 1.93 bits per heavy atom. The maximum Gasteiger partial charge on any atom is 0.230 e. The van der Waals surface area contributed by atoms with Gasteiger partial charge in [0.1, 0.15) is 10.8 Å². The Labute approximate surface area is 160 Å². The molecule has 0 radical (unpaired) electrons. The molecular formula is C21H17N3O2S. The molecule has 0 aliphatic rings. The van der Waals surface area contributed by atoms with Gasteiger partial charge in [0.2, 0.25) is 5.91 Å². The second-order valence-corrected chi connectivity index (χ2v) is 6.84. The molecule has 2 aromatic carbocycles. The van der Waals surface area contributed by atoms with E-state index in [9.17, 15) is 4.79 Å². The molecule has 0 spiro atoms. The van der Waals surface area contributed by atoms with E-state index in [4.69, 9.17) is 4.74 Å². The van der Waals surface area contributed by atoms with Crippen molar-refractivity contribution in [3.8, 4) is 16.3 Å². The highest BCUT2D eigenvalue weighted by Crippen LogP contribution is 2.26. The summed E-state index contributed by atoms with van der Waals surface area (Å²) in [6.45, 7) is 0. The van der Waals surface area contributed by atoms with Crippen LogP contribution in [0, 0.1) is 0 Å². The van der Waals surface area contributed by atoms with E-state index in [-0.39, 0.29) is 12.3 Å². The molecule has 0 unspecified atom stereocenters. The maximum absolute atomic E-state index is 12.5. The van der Waals surface area contributed by atoms with Gasteiger partial charge in [0, 0.05) is 22.5 Å². The van der Waals surface area contributed by atoms with Gasteiger partial charge in [0.15, 0.2) is 0 Å². The number of carbonyl (C=O) groups excluding carboxylic acids is 1. The maximum atomic E-state index is 12.5. The lowest BCUT2D eigenvalue weighted by atomic mass is 10.2. The van der Waals surface area contributed by atoms with Crippen molar-refractivity contribution in [3.63, 3.8) is 0 Å². The second-order valence-electron chi connectivity index (χ2n) is 5.98. The van der Waals surface area contributed by atoms with E-state index in [1.165, 1.54) is 11.3 Å². The number of methoxy groups -OCH3 is 1. The van der Waals surface area contributed by atoms with Crippen molar-refractivity contribution < 1.29 is 9.53 Å². The Hall–Kier alpha value is -3.25. The van der Waals surface area contributed by atoms with Crippen molar-refractivity contribution in [3.05, 3.63) is 71.9 Å². The standard InChI is InChI=1S/C21H17N3O2S/c1-26-17-9-7-15(8-10-17)21-23-16(13-27-21)12-19(25)24-18-6-2-4-14-5-3-11-22-20(14)18/h2-11,13H,12H2,1H3,(H,24,25). The predicted octanol–water partition coefficient (Wildman–Crippen LogP) is 4.55. The summed E-state index contributed by atoms with van der Waals surface area (Å²) in [6, 6.07) is 17.3. The van der Waals surface area contributed by atoms with E-state index in [0.717, 1.165) is 32.9 Å². The highest BCUT2D eigenvalue weighted by molar-refractivity contribution is 7.13. The van der Waals surface area contributed by atoms with E-state index >= 15 is 0 Å². The zero-order chi connectivity index (χ0) is 18.6. The molecule has 0 saturated carbocycles. The molecule has 134 valence electrons. The van der Waals surface area contributed by atoms with Crippen LogP contribution in [0.1, 0.15) is 5.69 Å². The number of hydrogen-bond acceptors (Lipinski definition) is 5.